The standard InChI is InChI=1S/C81H95N/c1-7-13-29-58(10-4)75-55-67(56-76(59(11-5)30-14-8-2)80(75)60(12-6)28-9-3)65-45-51-70(52-46-65)82(79-40-27-25-37-72(79)66-35-22-17-23-36-66)71-53-54-74-73-38-24-26-39-77(73)81(78(74)57-71,68-47-41-63(42-48-68)61-31-18-15-19-32-61)69-49-43-64(44-50-69)62-33-20-16-21-34-62/h17,22-27,35-62H,7-16,18-21,28-34H2,1-6H3. The van der Waals surface area contributed by atoms with Crippen molar-refractivity contribution in [3.05, 3.63) is 232 Å². The predicted octanol–water partition coefficient (Wildman–Crippen LogP) is 24.6. The molecule has 3 aliphatic carbocycles. The van der Waals surface area contributed by atoms with Gasteiger partial charge in [-0.1, -0.05) is 264 Å². The summed E-state index contributed by atoms with van der Waals surface area (Å²) in [5, 5.41) is 0. The van der Waals surface area contributed by atoms with E-state index in [2.05, 4.69) is 228 Å². The van der Waals surface area contributed by atoms with Crippen LogP contribution in [0.5, 0.6) is 0 Å². The zero-order valence-corrected chi connectivity index (χ0v) is 51.0. The zero-order chi connectivity index (χ0) is 56.4. The zero-order valence-electron chi connectivity index (χ0n) is 51.0. The average molecular weight is 1080 g/mol. The van der Waals surface area contributed by atoms with E-state index in [9.17, 15) is 0 Å². The minimum absolute atomic E-state index is 0.525. The molecular weight excluding hydrogens is 987 g/mol. The molecule has 0 heterocycles. The lowest BCUT2D eigenvalue weighted by atomic mass is 9.67. The summed E-state index contributed by atoms with van der Waals surface area (Å²) in [6, 6.07) is 72.2. The molecule has 11 rings (SSSR count). The summed E-state index contributed by atoms with van der Waals surface area (Å²) in [5.41, 5.74) is 24.2. The van der Waals surface area contributed by atoms with Crippen LogP contribution in [0.1, 0.15) is 256 Å². The number of hydrogen-bond donors (Lipinski definition) is 0. The molecule has 0 radical (unpaired) electrons. The van der Waals surface area contributed by atoms with E-state index in [4.69, 9.17) is 0 Å². The summed E-state index contributed by atoms with van der Waals surface area (Å²) < 4.78 is 0. The molecule has 8 aromatic carbocycles. The normalized spacial score (nSPS) is 16.3. The number of benzene rings is 8. The second-order valence-corrected chi connectivity index (χ2v) is 25.2. The molecule has 0 spiro atoms. The Morgan fingerprint density at radius 3 is 1.43 bits per heavy atom. The van der Waals surface area contributed by atoms with Crippen molar-refractivity contribution in [2.75, 3.05) is 4.90 Å². The molecule has 1 nitrogen and oxygen atoms in total. The van der Waals surface area contributed by atoms with Crippen LogP contribution in [0.2, 0.25) is 0 Å². The topological polar surface area (TPSA) is 3.24 Å². The Labute approximate surface area is 496 Å². The molecule has 8 aromatic rings. The second kappa shape index (κ2) is 26.9. The summed E-state index contributed by atoms with van der Waals surface area (Å²) in [6.45, 7) is 14.5. The van der Waals surface area contributed by atoms with Crippen molar-refractivity contribution in [3.63, 3.8) is 0 Å². The lowest BCUT2D eigenvalue weighted by Crippen LogP contribution is -2.29. The highest BCUT2D eigenvalue weighted by molar-refractivity contribution is 5.92. The van der Waals surface area contributed by atoms with Gasteiger partial charge in [-0.05, 0) is 202 Å². The van der Waals surface area contributed by atoms with E-state index >= 15 is 0 Å². The van der Waals surface area contributed by atoms with E-state index in [1.165, 1.54) is 213 Å². The van der Waals surface area contributed by atoms with Crippen molar-refractivity contribution >= 4 is 17.1 Å². The van der Waals surface area contributed by atoms with Crippen molar-refractivity contribution in [2.45, 2.75) is 211 Å². The Morgan fingerprint density at radius 2 is 0.890 bits per heavy atom. The summed E-state index contributed by atoms with van der Waals surface area (Å²) in [4.78, 5) is 2.57. The van der Waals surface area contributed by atoms with Gasteiger partial charge in [-0.3, -0.25) is 0 Å². The van der Waals surface area contributed by atoms with Crippen LogP contribution < -0.4 is 4.90 Å². The molecule has 3 atom stereocenters. The maximum absolute atomic E-state index is 2.67. The van der Waals surface area contributed by atoms with Crippen molar-refractivity contribution in [3.8, 4) is 33.4 Å². The molecule has 0 N–H and O–H groups in total. The third kappa shape index (κ3) is 11.5. The fourth-order valence-electron chi connectivity index (χ4n) is 15.8. The number of unbranched alkanes of at least 4 members (excludes halogenated alkanes) is 2. The van der Waals surface area contributed by atoms with Gasteiger partial charge in [-0.2, -0.15) is 0 Å². The summed E-state index contributed by atoms with van der Waals surface area (Å²) in [7, 11) is 0. The molecule has 0 amide bonds. The van der Waals surface area contributed by atoms with Crippen LogP contribution in [0, 0.1) is 0 Å². The van der Waals surface area contributed by atoms with Crippen molar-refractivity contribution in [1.82, 2.24) is 0 Å². The fraction of sp³-hybridized carbons (Fsp3) is 0.407. The number of para-hydroxylation sites is 1. The van der Waals surface area contributed by atoms with Gasteiger partial charge in [-0.25, -0.2) is 0 Å². The van der Waals surface area contributed by atoms with Crippen molar-refractivity contribution in [1.29, 1.82) is 0 Å². The monoisotopic (exact) mass is 1080 g/mol. The fourth-order valence-corrected chi connectivity index (χ4v) is 15.8. The van der Waals surface area contributed by atoms with Crippen LogP contribution in [-0.2, 0) is 5.41 Å². The molecule has 2 fully saturated rings. The molecule has 0 aliphatic heterocycles. The Bertz CT molecular complexity index is 3210. The quantitative estimate of drug-likeness (QED) is 0.0617. The first kappa shape index (κ1) is 57.4. The van der Waals surface area contributed by atoms with E-state index in [-0.39, 0.29) is 0 Å². The molecule has 82 heavy (non-hydrogen) atoms. The molecule has 2 saturated carbocycles. The number of fused-ring (bicyclic) bond motifs is 3. The minimum atomic E-state index is -0.525. The third-order valence-electron chi connectivity index (χ3n) is 20.3. The lowest BCUT2D eigenvalue weighted by Gasteiger charge is -2.36. The Hall–Kier alpha value is -6.44. The number of nitrogens with zero attached hydrogens (tertiary/aromatic N) is 1. The maximum Gasteiger partial charge on any atom is 0.0714 e. The van der Waals surface area contributed by atoms with Gasteiger partial charge in [0.1, 0.15) is 0 Å². The smallest absolute Gasteiger partial charge is 0.0714 e. The van der Waals surface area contributed by atoms with Gasteiger partial charge in [-0.15, -0.1) is 0 Å². The molecule has 424 valence electrons. The van der Waals surface area contributed by atoms with Crippen LogP contribution >= 0.6 is 0 Å². The summed E-state index contributed by atoms with van der Waals surface area (Å²) >= 11 is 0. The van der Waals surface area contributed by atoms with Crippen LogP contribution in [-0.4, -0.2) is 0 Å². The van der Waals surface area contributed by atoms with Crippen molar-refractivity contribution < 1.29 is 0 Å². The second-order valence-electron chi connectivity index (χ2n) is 25.2. The van der Waals surface area contributed by atoms with Gasteiger partial charge < -0.3 is 4.90 Å². The van der Waals surface area contributed by atoms with Gasteiger partial charge >= 0.3 is 0 Å². The number of hydrogen-bond acceptors (Lipinski definition) is 1. The summed E-state index contributed by atoms with van der Waals surface area (Å²) in [5.74, 6) is 3.02. The molecule has 0 bridgehead atoms. The predicted molar refractivity (Wildman–Crippen MR) is 354 cm³/mol. The Kier molecular flexibility index (Phi) is 18.8. The molecule has 3 unspecified atom stereocenters. The van der Waals surface area contributed by atoms with Crippen molar-refractivity contribution in [2.24, 2.45) is 0 Å². The highest BCUT2D eigenvalue weighted by atomic mass is 15.1. The molecule has 1 heteroatoms. The molecule has 0 saturated heterocycles. The first-order valence-electron chi connectivity index (χ1n) is 33.1. The maximum atomic E-state index is 2.67. The molecule has 3 aliphatic rings. The molecular formula is C81H95N. The van der Waals surface area contributed by atoms with Crippen LogP contribution in [0.4, 0.5) is 17.1 Å². The van der Waals surface area contributed by atoms with Crippen LogP contribution in [0.3, 0.4) is 0 Å². The van der Waals surface area contributed by atoms with Gasteiger partial charge in [0.25, 0.3) is 0 Å². The van der Waals surface area contributed by atoms with Crippen LogP contribution in [0.15, 0.2) is 182 Å². The largest absolute Gasteiger partial charge is 0.310 e. The van der Waals surface area contributed by atoms with Gasteiger partial charge in [0, 0.05) is 16.9 Å². The Balaban J connectivity index is 1.10. The average Bonchev–Trinajstić information content (AvgIpc) is 4.05. The van der Waals surface area contributed by atoms with E-state index in [0.29, 0.717) is 29.6 Å². The van der Waals surface area contributed by atoms with Gasteiger partial charge in [0.15, 0.2) is 0 Å². The van der Waals surface area contributed by atoms with Crippen LogP contribution in [0.25, 0.3) is 33.4 Å². The van der Waals surface area contributed by atoms with Gasteiger partial charge in [0.05, 0.1) is 11.1 Å². The van der Waals surface area contributed by atoms with E-state index in [1.807, 2.05) is 0 Å². The lowest BCUT2D eigenvalue weighted by molar-refractivity contribution is 0.443. The van der Waals surface area contributed by atoms with E-state index in [1.54, 1.807) is 16.7 Å². The van der Waals surface area contributed by atoms with E-state index in [0.717, 1.165) is 5.69 Å². The first-order chi connectivity index (χ1) is 40.4. The highest BCUT2D eigenvalue weighted by Crippen LogP contribution is 2.58. The first-order valence-corrected chi connectivity index (χ1v) is 33.1. The molecule has 0 aromatic heterocycles. The van der Waals surface area contributed by atoms with Gasteiger partial charge in [0.2, 0.25) is 0 Å². The third-order valence-corrected chi connectivity index (χ3v) is 20.3. The number of rotatable bonds is 23. The SMILES string of the molecule is CCCCC(CC)c1cc(-c2ccc(N(c3ccc4c(c3)C(c3ccc(C5CCCCC5)cc3)(c3ccc(C5CCCCC5)cc3)c3ccccc3-4)c3ccccc3-c3ccccc3)cc2)cc(C(CC)CCCC)c1C(CC)CCC. The Morgan fingerprint density at radius 1 is 0.390 bits per heavy atom. The number of anilines is 3. The van der Waals surface area contributed by atoms with E-state index < -0.39 is 5.41 Å². The highest BCUT2D eigenvalue weighted by Gasteiger charge is 2.47. The minimum Gasteiger partial charge on any atom is -0.310 e. The summed E-state index contributed by atoms with van der Waals surface area (Å²) in [6.07, 6.45) is 26.9.